The van der Waals surface area contributed by atoms with Crippen LogP contribution >= 0.6 is 11.3 Å². The van der Waals surface area contributed by atoms with E-state index >= 15 is 0 Å². The number of thiazole rings is 1. The number of nitrogens with one attached hydrogen (secondary N) is 2. The number of rotatable bonds is 4. The van der Waals surface area contributed by atoms with Crippen molar-refractivity contribution in [2.24, 2.45) is 0 Å². The standard InChI is InChI=1S/C16H18FN3OS/c1-10-15(16(21)20-13-6-7-18-9-13)22-14(19-10)8-11-2-4-12(17)5-3-11/h2-5,13,18H,6-9H2,1H3,(H,20,21). The highest BCUT2D eigenvalue weighted by atomic mass is 32.1. The second-order valence-corrected chi connectivity index (χ2v) is 6.57. The Hall–Kier alpha value is -1.79. The molecule has 3 rings (SSSR count). The number of hydrogen-bond donors (Lipinski definition) is 2. The first-order valence-electron chi connectivity index (χ1n) is 7.34. The van der Waals surface area contributed by atoms with Crippen LogP contribution in [-0.4, -0.2) is 30.0 Å². The average Bonchev–Trinajstić information content (AvgIpc) is 3.11. The number of hydrogen-bond acceptors (Lipinski definition) is 4. The van der Waals surface area contributed by atoms with Gasteiger partial charge in [-0.1, -0.05) is 12.1 Å². The number of amides is 1. The molecule has 0 radical (unpaired) electrons. The quantitative estimate of drug-likeness (QED) is 0.909. The van der Waals surface area contributed by atoms with Crippen LogP contribution in [0.25, 0.3) is 0 Å². The van der Waals surface area contributed by atoms with Crippen LogP contribution < -0.4 is 10.6 Å². The highest BCUT2D eigenvalue weighted by Crippen LogP contribution is 2.21. The molecule has 1 aliphatic rings. The maximum atomic E-state index is 12.9. The molecular weight excluding hydrogens is 301 g/mol. The van der Waals surface area contributed by atoms with Crippen molar-refractivity contribution in [2.75, 3.05) is 13.1 Å². The lowest BCUT2D eigenvalue weighted by molar-refractivity contribution is 0.0943. The number of aromatic nitrogens is 1. The predicted octanol–water partition coefficient (Wildman–Crippen LogP) is 2.27. The van der Waals surface area contributed by atoms with E-state index in [1.807, 2.05) is 6.92 Å². The third-order valence-electron chi connectivity index (χ3n) is 3.71. The molecule has 6 heteroatoms. The molecule has 1 aromatic carbocycles. The van der Waals surface area contributed by atoms with E-state index in [2.05, 4.69) is 15.6 Å². The Balaban J connectivity index is 1.69. The summed E-state index contributed by atoms with van der Waals surface area (Å²) in [7, 11) is 0. The SMILES string of the molecule is Cc1nc(Cc2ccc(F)cc2)sc1C(=O)NC1CCNC1. The monoisotopic (exact) mass is 319 g/mol. The van der Waals surface area contributed by atoms with Crippen LogP contribution in [-0.2, 0) is 6.42 Å². The number of carbonyl (C=O) groups is 1. The summed E-state index contributed by atoms with van der Waals surface area (Å²) in [5.41, 5.74) is 1.74. The molecule has 0 saturated carbocycles. The van der Waals surface area contributed by atoms with Crippen molar-refractivity contribution in [1.82, 2.24) is 15.6 Å². The minimum absolute atomic E-state index is 0.0472. The fraction of sp³-hybridized carbons (Fsp3) is 0.375. The van der Waals surface area contributed by atoms with Gasteiger partial charge in [0.15, 0.2) is 0 Å². The van der Waals surface area contributed by atoms with Gasteiger partial charge in [-0.3, -0.25) is 4.79 Å². The second kappa shape index (κ2) is 6.54. The van der Waals surface area contributed by atoms with Crippen molar-refractivity contribution in [3.05, 3.63) is 51.2 Å². The topological polar surface area (TPSA) is 54.0 Å². The lowest BCUT2D eigenvalue weighted by Gasteiger charge is -2.09. The molecule has 0 aliphatic carbocycles. The summed E-state index contributed by atoms with van der Waals surface area (Å²) < 4.78 is 12.9. The van der Waals surface area contributed by atoms with E-state index in [9.17, 15) is 9.18 Å². The van der Waals surface area contributed by atoms with E-state index in [0.29, 0.717) is 11.3 Å². The van der Waals surface area contributed by atoms with E-state index in [-0.39, 0.29) is 17.8 Å². The number of benzene rings is 1. The van der Waals surface area contributed by atoms with Gasteiger partial charge in [0.1, 0.15) is 10.7 Å². The molecule has 0 bridgehead atoms. The summed E-state index contributed by atoms with van der Waals surface area (Å²) in [6.45, 7) is 3.63. The van der Waals surface area contributed by atoms with Crippen LogP contribution in [0.1, 0.15) is 32.4 Å². The van der Waals surface area contributed by atoms with Gasteiger partial charge < -0.3 is 10.6 Å². The van der Waals surface area contributed by atoms with Crippen LogP contribution in [0.3, 0.4) is 0 Å². The van der Waals surface area contributed by atoms with Crippen molar-refractivity contribution < 1.29 is 9.18 Å². The van der Waals surface area contributed by atoms with Crippen LogP contribution in [0.2, 0.25) is 0 Å². The Morgan fingerprint density at radius 2 is 2.23 bits per heavy atom. The average molecular weight is 319 g/mol. The number of halogens is 1. The lowest BCUT2D eigenvalue weighted by Crippen LogP contribution is -2.36. The molecule has 1 amide bonds. The van der Waals surface area contributed by atoms with E-state index in [0.717, 1.165) is 35.8 Å². The zero-order valence-corrected chi connectivity index (χ0v) is 13.2. The fourth-order valence-corrected chi connectivity index (χ4v) is 3.55. The van der Waals surface area contributed by atoms with Gasteiger partial charge in [0.05, 0.1) is 10.7 Å². The van der Waals surface area contributed by atoms with Crippen molar-refractivity contribution >= 4 is 17.2 Å². The van der Waals surface area contributed by atoms with Gasteiger partial charge >= 0.3 is 0 Å². The Kier molecular flexibility index (Phi) is 4.49. The molecule has 1 saturated heterocycles. The summed E-state index contributed by atoms with van der Waals surface area (Å²) in [5.74, 6) is -0.293. The van der Waals surface area contributed by atoms with Gasteiger partial charge in [0.2, 0.25) is 0 Å². The fourth-order valence-electron chi connectivity index (χ4n) is 2.54. The number of aryl methyl sites for hydroxylation is 1. The summed E-state index contributed by atoms with van der Waals surface area (Å²) in [6.07, 6.45) is 1.58. The summed E-state index contributed by atoms with van der Waals surface area (Å²) in [6, 6.07) is 6.58. The molecule has 2 N–H and O–H groups in total. The van der Waals surface area contributed by atoms with Crippen LogP contribution in [0.15, 0.2) is 24.3 Å². The Morgan fingerprint density at radius 1 is 1.45 bits per heavy atom. The van der Waals surface area contributed by atoms with Crippen LogP contribution in [0.4, 0.5) is 4.39 Å². The van der Waals surface area contributed by atoms with Gasteiger partial charge in [-0.15, -0.1) is 11.3 Å². The molecule has 116 valence electrons. The van der Waals surface area contributed by atoms with E-state index in [4.69, 9.17) is 0 Å². The molecule has 22 heavy (non-hydrogen) atoms. The summed E-state index contributed by atoms with van der Waals surface area (Å²) in [4.78, 5) is 17.5. The van der Waals surface area contributed by atoms with Gasteiger partial charge in [0, 0.05) is 19.0 Å². The Morgan fingerprint density at radius 3 is 2.91 bits per heavy atom. The van der Waals surface area contributed by atoms with Crippen LogP contribution in [0, 0.1) is 12.7 Å². The predicted molar refractivity (Wildman–Crippen MR) is 84.8 cm³/mol. The van der Waals surface area contributed by atoms with E-state index in [1.54, 1.807) is 12.1 Å². The summed E-state index contributed by atoms with van der Waals surface area (Å²) in [5, 5.41) is 7.14. The lowest BCUT2D eigenvalue weighted by atomic mass is 10.1. The molecule has 1 fully saturated rings. The molecule has 4 nitrogen and oxygen atoms in total. The largest absolute Gasteiger partial charge is 0.347 e. The second-order valence-electron chi connectivity index (χ2n) is 5.49. The van der Waals surface area contributed by atoms with Gasteiger partial charge in [-0.25, -0.2) is 9.37 Å². The third kappa shape index (κ3) is 3.51. The molecule has 1 aromatic heterocycles. The van der Waals surface area contributed by atoms with Crippen molar-refractivity contribution in [2.45, 2.75) is 25.8 Å². The molecule has 2 heterocycles. The highest BCUT2D eigenvalue weighted by Gasteiger charge is 2.21. The molecule has 1 atom stereocenters. The number of carbonyl (C=O) groups excluding carboxylic acids is 1. The first kappa shape index (κ1) is 15.1. The van der Waals surface area contributed by atoms with E-state index in [1.165, 1.54) is 23.5 Å². The maximum absolute atomic E-state index is 12.9. The number of nitrogens with zero attached hydrogens (tertiary/aromatic N) is 1. The molecular formula is C16H18FN3OS. The minimum atomic E-state index is -0.246. The van der Waals surface area contributed by atoms with Crippen molar-refractivity contribution in [1.29, 1.82) is 0 Å². The van der Waals surface area contributed by atoms with Gasteiger partial charge in [0.25, 0.3) is 5.91 Å². The maximum Gasteiger partial charge on any atom is 0.263 e. The zero-order chi connectivity index (χ0) is 15.5. The minimum Gasteiger partial charge on any atom is -0.347 e. The van der Waals surface area contributed by atoms with Crippen LogP contribution in [0.5, 0.6) is 0 Å². The van der Waals surface area contributed by atoms with Crippen molar-refractivity contribution in [3.63, 3.8) is 0 Å². The highest BCUT2D eigenvalue weighted by molar-refractivity contribution is 7.13. The molecule has 0 spiro atoms. The normalized spacial score (nSPS) is 17.6. The van der Waals surface area contributed by atoms with Gasteiger partial charge in [-0.05, 0) is 37.6 Å². The summed E-state index contributed by atoms with van der Waals surface area (Å²) >= 11 is 1.41. The van der Waals surface area contributed by atoms with E-state index < -0.39 is 0 Å². The van der Waals surface area contributed by atoms with Gasteiger partial charge in [-0.2, -0.15) is 0 Å². The first-order chi connectivity index (χ1) is 10.6. The Bertz CT molecular complexity index is 663. The smallest absolute Gasteiger partial charge is 0.263 e. The third-order valence-corrected chi connectivity index (χ3v) is 4.87. The first-order valence-corrected chi connectivity index (χ1v) is 8.16. The molecule has 1 aliphatic heterocycles. The Labute approximate surface area is 132 Å². The molecule has 1 unspecified atom stereocenters. The molecule has 2 aromatic rings. The zero-order valence-electron chi connectivity index (χ0n) is 12.4. The van der Waals surface area contributed by atoms with Crippen molar-refractivity contribution in [3.8, 4) is 0 Å².